The predicted octanol–water partition coefficient (Wildman–Crippen LogP) is 4.97. The van der Waals surface area contributed by atoms with Gasteiger partial charge in [-0.2, -0.15) is 0 Å². The smallest absolute Gasteiger partial charge is 0.322 e. The van der Waals surface area contributed by atoms with Gasteiger partial charge in [-0.25, -0.2) is 22.5 Å². The van der Waals surface area contributed by atoms with Gasteiger partial charge in [-0.1, -0.05) is 47.5 Å². The summed E-state index contributed by atoms with van der Waals surface area (Å²) in [4.78, 5) is 22.1. The fraction of sp³-hybridized carbons (Fsp3) is 0.613. The number of likely N-dealkylation sites (tertiary alicyclic amines) is 1. The number of carbonyl (C=O) groups excluding carboxylic acids is 1. The van der Waals surface area contributed by atoms with Crippen molar-refractivity contribution in [3.8, 4) is 0 Å². The summed E-state index contributed by atoms with van der Waals surface area (Å²) in [7, 11) is -3.22. The highest BCUT2D eigenvalue weighted by molar-refractivity contribution is 7.88. The van der Waals surface area contributed by atoms with E-state index in [9.17, 15) is 18.3 Å². The Balaban J connectivity index is 1.15. The molecule has 1 aromatic carbocycles. The van der Waals surface area contributed by atoms with E-state index in [0.717, 1.165) is 64.6 Å². The van der Waals surface area contributed by atoms with Crippen molar-refractivity contribution >= 4 is 44.9 Å². The minimum absolute atomic E-state index is 0.0932. The van der Waals surface area contributed by atoms with Crippen LogP contribution < -0.4 is 5.32 Å². The normalized spacial score (nSPS) is 28.4. The van der Waals surface area contributed by atoms with Gasteiger partial charge in [-0.3, -0.25) is 4.90 Å². The quantitative estimate of drug-likeness (QED) is 0.391. The van der Waals surface area contributed by atoms with Gasteiger partial charge in [0.25, 0.3) is 0 Å². The van der Waals surface area contributed by atoms with Crippen molar-refractivity contribution in [2.24, 2.45) is 11.8 Å². The molecule has 0 spiro atoms. The molecule has 4 fully saturated rings. The maximum Gasteiger partial charge on any atom is 0.322 e. The van der Waals surface area contributed by atoms with E-state index in [1.165, 1.54) is 21.7 Å². The molecule has 2 aromatic rings. The molecule has 1 aromatic heterocycles. The predicted molar refractivity (Wildman–Crippen MR) is 169 cm³/mol. The second kappa shape index (κ2) is 12.4. The average Bonchev–Trinajstić information content (AvgIpc) is 3.56. The molecule has 0 bridgehead atoms. The Hall–Kier alpha value is -1.95. The first kappa shape index (κ1) is 31.0. The number of aliphatic hydroxyl groups excluding tert-OH is 1. The molecule has 234 valence electrons. The standard InChI is InChI=1S/C31H41Cl2N5O4S/c1-43(41,42)37-11-6-21(7-12-37)19-38(30(40)34-25-15-28(32)35-29(33)16-25)26-5-9-31(17-24(31)14-26)23-4-2-3-22(13-23)18-36-10-8-27(39)20-36/h2-4,13,15-16,21,24,26-27,39H,5-12,14,17-20H2,1H3,(H,34,35,40)/t24?,26-,27+,31-/m1/s1. The number of aliphatic hydroxyl groups is 1. The number of aromatic nitrogens is 1. The number of hydrogen-bond acceptors (Lipinski definition) is 6. The summed E-state index contributed by atoms with van der Waals surface area (Å²) in [5.74, 6) is 0.738. The number of amides is 2. The maximum absolute atomic E-state index is 13.8. The Morgan fingerprint density at radius 3 is 2.51 bits per heavy atom. The molecule has 2 N–H and O–H groups in total. The molecule has 6 rings (SSSR count). The van der Waals surface area contributed by atoms with Gasteiger partial charge in [0, 0.05) is 51.0 Å². The van der Waals surface area contributed by atoms with Crippen LogP contribution in [0.2, 0.25) is 10.3 Å². The molecule has 4 atom stereocenters. The Labute approximate surface area is 264 Å². The number of piperidine rings is 1. The molecular weight excluding hydrogens is 609 g/mol. The molecule has 2 saturated carbocycles. The number of nitrogens with zero attached hydrogens (tertiary/aromatic N) is 4. The summed E-state index contributed by atoms with van der Waals surface area (Å²) in [5, 5.41) is 13.4. The van der Waals surface area contributed by atoms with Crippen molar-refractivity contribution in [2.75, 3.05) is 44.3 Å². The molecule has 12 heteroatoms. The molecule has 2 amide bonds. The highest BCUT2D eigenvalue weighted by Gasteiger charge is 2.58. The lowest BCUT2D eigenvalue weighted by molar-refractivity contribution is 0.132. The van der Waals surface area contributed by atoms with E-state index in [2.05, 4.69) is 39.5 Å². The Kier molecular flexibility index (Phi) is 8.99. The monoisotopic (exact) mass is 649 g/mol. The topological polar surface area (TPSA) is 106 Å². The van der Waals surface area contributed by atoms with Gasteiger partial charge in [-0.05, 0) is 85.5 Å². The first-order valence-electron chi connectivity index (χ1n) is 15.3. The SMILES string of the molecule is CS(=O)(=O)N1CCC(CN(C(=O)Nc2cc(Cl)nc(Cl)c2)[C@@H]2CC[C@]3(c4cccc(CN5CC[C@H](O)C5)c4)CC3C2)CC1. The number of fused-ring (bicyclic) bond motifs is 1. The number of sulfonamides is 1. The van der Waals surface area contributed by atoms with Crippen LogP contribution in [0.4, 0.5) is 10.5 Å². The summed E-state index contributed by atoms with van der Waals surface area (Å²) in [6, 6.07) is 12.1. The van der Waals surface area contributed by atoms with Gasteiger partial charge >= 0.3 is 6.03 Å². The number of nitrogens with one attached hydrogen (secondary N) is 1. The number of rotatable bonds is 8. The van der Waals surface area contributed by atoms with Crippen LogP contribution in [-0.4, -0.2) is 89.8 Å². The summed E-state index contributed by atoms with van der Waals surface area (Å²) in [5.41, 5.74) is 3.38. The number of halogens is 2. The second-order valence-electron chi connectivity index (χ2n) is 13.1. The number of anilines is 1. The number of hydrogen-bond donors (Lipinski definition) is 2. The third-order valence-electron chi connectivity index (χ3n) is 10.1. The molecule has 2 aliphatic heterocycles. The van der Waals surface area contributed by atoms with Crippen LogP contribution in [0.25, 0.3) is 0 Å². The van der Waals surface area contributed by atoms with Crippen molar-refractivity contribution in [3.05, 3.63) is 57.8 Å². The van der Waals surface area contributed by atoms with Crippen molar-refractivity contribution in [1.82, 2.24) is 19.1 Å². The maximum atomic E-state index is 13.8. The van der Waals surface area contributed by atoms with E-state index in [1.54, 1.807) is 12.1 Å². The molecule has 1 unspecified atom stereocenters. The van der Waals surface area contributed by atoms with Crippen LogP contribution in [0.15, 0.2) is 36.4 Å². The first-order valence-corrected chi connectivity index (χ1v) is 17.9. The molecular formula is C31H41Cl2N5O4S. The third kappa shape index (κ3) is 7.15. The van der Waals surface area contributed by atoms with E-state index in [1.807, 2.05) is 4.90 Å². The van der Waals surface area contributed by atoms with E-state index in [0.29, 0.717) is 31.2 Å². The number of benzene rings is 1. The van der Waals surface area contributed by atoms with E-state index in [4.69, 9.17) is 23.2 Å². The largest absolute Gasteiger partial charge is 0.392 e. The van der Waals surface area contributed by atoms with E-state index >= 15 is 0 Å². The molecule has 0 radical (unpaired) electrons. The van der Waals surface area contributed by atoms with Crippen LogP contribution >= 0.6 is 23.2 Å². The molecule has 2 aliphatic carbocycles. The van der Waals surface area contributed by atoms with Crippen molar-refractivity contribution in [3.63, 3.8) is 0 Å². The highest BCUT2D eigenvalue weighted by atomic mass is 35.5. The van der Waals surface area contributed by atoms with Gasteiger partial charge in [0.2, 0.25) is 10.0 Å². The zero-order chi connectivity index (χ0) is 30.4. The summed E-state index contributed by atoms with van der Waals surface area (Å²) < 4.78 is 25.6. The fourth-order valence-electron chi connectivity index (χ4n) is 7.67. The summed E-state index contributed by atoms with van der Waals surface area (Å²) in [6.07, 6.45) is 7.34. The van der Waals surface area contributed by atoms with Gasteiger partial charge in [0.15, 0.2) is 0 Å². The zero-order valence-electron chi connectivity index (χ0n) is 24.6. The number of carbonyl (C=O) groups is 1. The molecule has 4 aliphatic rings. The molecule has 9 nitrogen and oxygen atoms in total. The van der Waals surface area contributed by atoms with Crippen molar-refractivity contribution in [2.45, 2.75) is 69.1 Å². The third-order valence-corrected chi connectivity index (χ3v) is 11.8. The van der Waals surface area contributed by atoms with Gasteiger partial charge in [-0.15, -0.1) is 0 Å². The van der Waals surface area contributed by atoms with Crippen LogP contribution in [0.5, 0.6) is 0 Å². The van der Waals surface area contributed by atoms with Crippen molar-refractivity contribution < 1.29 is 18.3 Å². The van der Waals surface area contributed by atoms with E-state index < -0.39 is 10.0 Å². The number of urea groups is 1. The molecule has 2 saturated heterocycles. The van der Waals surface area contributed by atoms with Crippen LogP contribution in [0.1, 0.15) is 56.1 Å². The van der Waals surface area contributed by atoms with Gasteiger partial charge < -0.3 is 15.3 Å². The van der Waals surface area contributed by atoms with Crippen LogP contribution in [-0.2, 0) is 22.0 Å². The zero-order valence-corrected chi connectivity index (χ0v) is 26.9. The Morgan fingerprint density at radius 1 is 1.12 bits per heavy atom. The molecule has 43 heavy (non-hydrogen) atoms. The second-order valence-corrected chi connectivity index (χ2v) is 15.8. The highest BCUT2D eigenvalue weighted by Crippen LogP contribution is 2.63. The van der Waals surface area contributed by atoms with Gasteiger partial charge in [0.05, 0.1) is 12.4 Å². The van der Waals surface area contributed by atoms with Gasteiger partial charge in [0.1, 0.15) is 10.3 Å². The minimum atomic E-state index is -3.22. The summed E-state index contributed by atoms with van der Waals surface area (Å²) in [6.45, 7) is 4.09. The fourth-order valence-corrected chi connectivity index (χ4v) is 9.01. The minimum Gasteiger partial charge on any atom is -0.392 e. The Morgan fingerprint density at radius 2 is 1.86 bits per heavy atom. The van der Waals surface area contributed by atoms with Crippen LogP contribution in [0, 0.1) is 11.8 Å². The Bertz CT molecular complexity index is 1430. The first-order chi connectivity index (χ1) is 20.5. The van der Waals surface area contributed by atoms with E-state index in [-0.39, 0.29) is 39.8 Å². The van der Waals surface area contributed by atoms with Crippen LogP contribution in [0.3, 0.4) is 0 Å². The lowest BCUT2D eigenvalue weighted by Gasteiger charge is -2.40. The molecule has 3 heterocycles. The summed E-state index contributed by atoms with van der Waals surface area (Å²) >= 11 is 12.2. The van der Waals surface area contributed by atoms with Crippen molar-refractivity contribution in [1.29, 1.82) is 0 Å². The lowest BCUT2D eigenvalue weighted by atomic mass is 9.79. The number of β-amino-alcohol motifs (C(OH)–C–C–N with tert-alkyl or cyclic N) is 1. The number of pyridine rings is 1. The lowest BCUT2D eigenvalue weighted by Crippen LogP contribution is -2.49. The average molecular weight is 651 g/mol.